The van der Waals surface area contributed by atoms with Crippen molar-refractivity contribution in [1.82, 2.24) is 4.98 Å². The number of rotatable bonds is 3. The second-order valence-corrected chi connectivity index (χ2v) is 5.28. The normalized spacial score (nSPS) is 10.4. The number of hydrogen-bond acceptors (Lipinski definition) is 4. The quantitative estimate of drug-likeness (QED) is 0.793. The first-order chi connectivity index (χ1) is 8.56. The number of methoxy groups -OCH3 is 1. The van der Waals surface area contributed by atoms with Gasteiger partial charge in [0.1, 0.15) is 10.8 Å². The molecule has 0 aliphatic heterocycles. The summed E-state index contributed by atoms with van der Waals surface area (Å²) in [5.74, 6) is 0.804. The predicted molar refractivity (Wildman–Crippen MR) is 73.7 cm³/mol. The van der Waals surface area contributed by atoms with Crippen LogP contribution in [0.5, 0.6) is 5.75 Å². The van der Waals surface area contributed by atoms with Gasteiger partial charge in [-0.2, -0.15) is 0 Å². The van der Waals surface area contributed by atoms with E-state index in [9.17, 15) is 4.79 Å². The number of ether oxygens (including phenoxy) is 1. The Labute approximate surface area is 110 Å². The zero-order chi connectivity index (χ0) is 13.3. The monoisotopic (exact) mass is 261 g/mol. The molecule has 0 fully saturated rings. The van der Waals surface area contributed by atoms with Gasteiger partial charge in [0.2, 0.25) is 0 Å². The van der Waals surface area contributed by atoms with E-state index < -0.39 is 0 Å². The van der Waals surface area contributed by atoms with Crippen LogP contribution in [0.2, 0.25) is 0 Å². The van der Waals surface area contributed by atoms with Crippen LogP contribution < -0.4 is 4.74 Å². The largest absolute Gasteiger partial charge is 0.496 e. The Kier molecular flexibility index (Phi) is 3.48. The van der Waals surface area contributed by atoms with Crippen molar-refractivity contribution >= 4 is 17.6 Å². The second kappa shape index (κ2) is 4.90. The molecular formula is C14H15NO2S. The zero-order valence-corrected chi connectivity index (χ0v) is 11.7. The fourth-order valence-electron chi connectivity index (χ4n) is 1.99. The first-order valence-corrected chi connectivity index (χ1v) is 6.46. The summed E-state index contributed by atoms with van der Waals surface area (Å²) >= 11 is 1.40. The van der Waals surface area contributed by atoms with Crippen LogP contribution in [0.15, 0.2) is 12.1 Å². The van der Waals surface area contributed by atoms with E-state index in [-0.39, 0.29) is 0 Å². The lowest BCUT2D eigenvalue weighted by Gasteiger charge is -2.10. The van der Waals surface area contributed by atoms with Gasteiger partial charge in [-0.05, 0) is 38.0 Å². The van der Waals surface area contributed by atoms with E-state index in [4.69, 9.17) is 4.74 Å². The summed E-state index contributed by atoms with van der Waals surface area (Å²) in [5.41, 5.74) is 4.01. The van der Waals surface area contributed by atoms with E-state index >= 15 is 0 Å². The standard InChI is InChI=1S/C14H15NO2S/c1-8-5-9(2)13(11(6-8)17-4)14-15-10(3)12(7-16)18-14/h5-7H,1-4H3. The highest BCUT2D eigenvalue weighted by Crippen LogP contribution is 2.37. The number of aldehydes is 1. The minimum absolute atomic E-state index is 0.673. The summed E-state index contributed by atoms with van der Waals surface area (Å²) in [6, 6.07) is 4.08. The Hall–Kier alpha value is -1.68. The molecule has 0 aliphatic rings. The van der Waals surface area contributed by atoms with Crippen molar-refractivity contribution in [2.75, 3.05) is 7.11 Å². The first-order valence-electron chi connectivity index (χ1n) is 5.65. The van der Waals surface area contributed by atoms with E-state index in [1.54, 1.807) is 7.11 Å². The van der Waals surface area contributed by atoms with Gasteiger partial charge in [-0.25, -0.2) is 4.98 Å². The lowest BCUT2D eigenvalue weighted by molar-refractivity contribution is 0.112. The van der Waals surface area contributed by atoms with Crippen molar-refractivity contribution in [3.8, 4) is 16.3 Å². The molecule has 1 aromatic heterocycles. The number of benzene rings is 1. The van der Waals surface area contributed by atoms with Gasteiger partial charge in [-0.1, -0.05) is 6.07 Å². The summed E-state index contributed by atoms with van der Waals surface area (Å²) in [5, 5.41) is 0.837. The summed E-state index contributed by atoms with van der Waals surface area (Å²) in [7, 11) is 1.65. The summed E-state index contributed by atoms with van der Waals surface area (Å²) in [6.45, 7) is 5.91. The van der Waals surface area contributed by atoms with Crippen molar-refractivity contribution in [1.29, 1.82) is 0 Å². The second-order valence-electron chi connectivity index (χ2n) is 4.25. The minimum atomic E-state index is 0.673. The number of carbonyl (C=O) groups excluding carboxylic acids is 1. The highest BCUT2D eigenvalue weighted by molar-refractivity contribution is 7.16. The van der Waals surface area contributed by atoms with Gasteiger partial charge in [-0.15, -0.1) is 11.3 Å². The van der Waals surface area contributed by atoms with Crippen molar-refractivity contribution in [2.45, 2.75) is 20.8 Å². The summed E-state index contributed by atoms with van der Waals surface area (Å²) in [4.78, 5) is 16.0. The molecule has 0 aliphatic carbocycles. The number of nitrogens with zero attached hydrogens (tertiary/aromatic N) is 1. The van der Waals surface area contributed by atoms with Crippen molar-refractivity contribution in [3.05, 3.63) is 33.8 Å². The maximum atomic E-state index is 10.9. The molecule has 0 saturated heterocycles. The highest BCUT2D eigenvalue weighted by atomic mass is 32.1. The molecule has 0 atom stereocenters. The van der Waals surface area contributed by atoms with Crippen LogP contribution in [0.25, 0.3) is 10.6 Å². The molecule has 1 heterocycles. The number of thiazole rings is 1. The van der Waals surface area contributed by atoms with Crippen LogP contribution in [0, 0.1) is 20.8 Å². The van der Waals surface area contributed by atoms with Gasteiger partial charge in [-0.3, -0.25) is 4.79 Å². The van der Waals surface area contributed by atoms with Crippen LogP contribution in [0.4, 0.5) is 0 Å². The Balaban J connectivity index is 2.65. The van der Waals surface area contributed by atoms with Crippen LogP contribution >= 0.6 is 11.3 Å². The SMILES string of the molecule is COc1cc(C)cc(C)c1-c1nc(C)c(C=O)s1. The Bertz CT molecular complexity index is 602. The molecule has 0 amide bonds. The summed E-state index contributed by atoms with van der Waals surface area (Å²) < 4.78 is 5.42. The molecule has 0 unspecified atom stereocenters. The molecule has 2 rings (SSSR count). The molecule has 4 heteroatoms. The van der Waals surface area contributed by atoms with Crippen molar-refractivity contribution in [3.63, 3.8) is 0 Å². The molecule has 0 radical (unpaired) electrons. The van der Waals surface area contributed by atoms with Crippen molar-refractivity contribution < 1.29 is 9.53 Å². The molecule has 3 nitrogen and oxygen atoms in total. The molecule has 1 aromatic carbocycles. The average molecular weight is 261 g/mol. The third-order valence-electron chi connectivity index (χ3n) is 2.82. The Morgan fingerprint density at radius 1 is 1.28 bits per heavy atom. The van der Waals surface area contributed by atoms with Gasteiger partial charge in [0.25, 0.3) is 0 Å². The number of aromatic nitrogens is 1. The molecule has 0 bridgehead atoms. The van der Waals surface area contributed by atoms with Crippen LogP contribution in [-0.4, -0.2) is 18.4 Å². The number of hydrogen-bond donors (Lipinski definition) is 0. The molecule has 0 spiro atoms. The van der Waals surface area contributed by atoms with Gasteiger partial charge in [0.15, 0.2) is 6.29 Å². The molecule has 0 N–H and O–H groups in total. The number of carbonyl (C=O) groups is 1. The van der Waals surface area contributed by atoms with Crippen LogP contribution in [0.3, 0.4) is 0 Å². The fraction of sp³-hybridized carbons (Fsp3) is 0.286. The van der Waals surface area contributed by atoms with Crippen LogP contribution in [-0.2, 0) is 0 Å². The third kappa shape index (κ3) is 2.16. The zero-order valence-electron chi connectivity index (χ0n) is 10.9. The van der Waals surface area contributed by atoms with E-state index in [0.29, 0.717) is 4.88 Å². The van der Waals surface area contributed by atoms with Gasteiger partial charge in [0, 0.05) is 0 Å². The fourth-order valence-corrected chi connectivity index (χ4v) is 2.98. The Morgan fingerprint density at radius 2 is 2.00 bits per heavy atom. The van der Waals surface area contributed by atoms with Gasteiger partial charge in [0.05, 0.1) is 23.2 Å². The van der Waals surface area contributed by atoms with Crippen LogP contribution in [0.1, 0.15) is 26.5 Å². The van der Waals surface area contributed by atoms with E-state index in [0.717, 1.165) is 39.4 Å². The topological polar surface area (TPSA) is 39.2 Å². The highest BCUT2D eigenvalue weighted by Gasteiger charge is 2.15. The molecule has 94 valence electrons. The van der Waals surface area contributed by atoms with E-state index in [1.165, 1.54) is 11.3 Å². The number of aryl methyl sites for hydroxylation is 3. The molecule has 2 aromatic rings. The lowest BCUT2D eigenvalue weighted by Crippen LogP contribution is -1.92. The van der Waals surface area contributed by atoms with E-state index in [1.807, 2.05) is 26.8 Å². The van der Waals surface area contributed by atoms with Gasteiger partial charge >= 0.3 is 0 Å². The van der Waals surface area contributed by atoms with Gasteiger partial charge < -0.3 is 4.74 Å². The minimum Gasteiger partial charge on any atom is -0.496 e. The predicted octanol–water partition coefficient (Wildman–Crippen LogP) is 3.56. The molecule has 18 heavy (non-hydrogen) atoms. The summed E-state index contributed by atoms with van der Waals surface area (Å²) in [6.07, 6.45) is 0.854. The maximum Gasteiger partial charge on any atom is 0.161 e. The third-order valence-corrected chi connectivity index (χ3v) is 3.92. The van der Waals surface area contributed by atoms with Crippen molar-refractivity contribution in [2.24, 2.45) is 0 Å². The smallest absolute Gasteiger partial charge is 0.161 e. The lowest BCUT2D eigenvalue weighted by atomic mass is 10.0. The molecule has 0 saturated carbocycles. The van der Waals surface area contributed by atoms with E-state index in [2.05, 4.69) is 11.1 Å². The Morgan fingerprint density at radius 3 is 2.56 bits per heavy atom. The average Bonchev–Trinajstić information content (AvgIpc) is 2.68. The molecular weight excluding hydrogens is 246 g/mol. The maximum absolute atomic E-state index is 10.9. The first kappa shape index (κ1) is 12.8.